The van der Waals surface area contributed by atoms with E-state index in [1.807, 2.05) is 6.92 Å². The van der Waals surface area contributed by atoms with Crippen molar-refractivity contribution in [2.75, 3.05) is 6.54 Å². The second-order valence-corrected chi connectivity index (χ2v) is 4.20. The first-order valence-corrected chi connectivity index (χ1v) is 5.96. The van der Waals surface area contributed by atoms with E-state index >= 15 is 0 Å². The van der Waals surface area contributed by atoms with Gasteiger partial charge in [-0.2, -0.15) is 0 Å². The molecule has 2 aromatic heterocycles. The zero-order valence-electron chi connectivity index (χ0n) is 10.6. The van der Waals surface area contributed by atoms with Crippen LogP contribution in [0.3, 0.4) is 0 Å². The minimum absolute atomic E-state index is 0.326. The van der Waals surface area contributed by atoms with E-state index in [1.54, 1.807) is 10.9 Å². The molecule has 0 spiro atoms. The van der Waals surface area contributed by atoms with Crippen LogP contribution >= 0.6 is 0 Å². The Morgan fingerprint density at radius 2 is 2.06 bits per heavy atom. The minimum Gasteiger partial charge on any atom is -0.329 e. The quantitative estimate of drug-likeness (QED) is 0.775. The SMILES string of the molecule is CCCn1c(=O)n(C)c(=O)c2c1ncn2CCN. The predicted molar refractivity (Wildman–Crippen MR) is 68.6 cm³/mol. The van der Waals surface area contributed by atoms with Gasteiger partial charge in [0.15, 0.2) is 11.2 Å². The molecule has 2 rings (SSSR count). The molecule has 7 nitrogen and oxygen atoms in total. The highest BCUT2D eigenvalue weighted by Crippen LogP contribution is 2.06. The molecule has 2 N–H and O–H groups in total. The number of nitrogens with zero attached hydrogens (tertiary/aromatic N) is 4. The van der Waals surface area contributed by atoms with Crippen LogP contribution in [0.1, 0.15) is 13.3 Å². The minimum atomic E-state index is -0.327. The van der Waals surface area contributed by atoms with Crippen molar-refractivity contribution in [3.8, 4) is 0 Å². The number of nitrogens with two attached hydrogens (primary N) is 1. The van der Waals surface area contributed by atoms with E-state index in [0.29, 0.717) is 30.8 Å². The second kappa shape index (κ2) is 4.77. The van der Waals surface area contributed by atoms with Crippen LogP contribution in [0, 0.1) is 0 Å². The lowest BCUT2D eigenvalue weighted by molar-refractivity contribution is 0.608. The molecule has 0 saturated heterocycles. The first kappa shape index (κ1) is 12.6. The topological polar surface area (TPSA) is 87.8 Å². The van der Waals surface area contributed by atoms with E-state index in [9.17, 15) is 9.59 Å². The van der Waals surface area contributed by atoms with Crippen molar-refractivity contribution < 1.29 is 0 Å². The lowest BCUT2D eigenvalue weighted by atomic mass is 10.4. The maximum Gasteiger partial charge on any atom is 0.332 e. The van der Waals surface area contributed by atoms with Crippen molar-refractivity contribution in [1.29, 1.82) is 0 Å². The Bertz CT molecular complexity index is 679. The van der Waals surface area contributed by atoms with Crippen LogP contribution in [0.15, 0.2) is 15.9 Å². The van der Waals surface area contributed by atoms with Crippen LogP contribution in [0.4, 0.5) is 0 Å². The van der Waals surface area contributed by atoms with Gasteiger partial charge in [-0.3, -0.25) is 13.9 Å². The zero-order valence-corrected chi connectivity index (χ0v) is 10.6. The molecule has 0 unspecified atom stereocenters. The number of rotatable bonds is 4. The molecule has 98 valence electrons. The van der Waals surface area contributed by atoms with E-state index in [1.165, 1.54) is 11.6 Å². The fourth-order valence-corrected chi connectivity index (χ4v) is 2.04. The second-order valence-electron chi connectivity index (χ2n) is 4.20. The molecule has 2 aromatic rings. The Hall–Kier alpha value is -1.89. The Labute approximate surface area is 103 Å². The van der Waals surface area contributed by atoms with Crippen LogP contribution in [0.25, 0.3) is 11.2 Å². The molecular weight excluding hydrogens is 234 g/mol. The molecule has 2 heterocycles. The third-order valence-corrected chi connectivity index (χ3v) is 2.92. The number of hydrogen-bond donors (Lipinski definition) is 1. The van der Waals surface area contributed by atoms with Gasteiger partial charge < -0.3 is 10.3 Å². The number of aromatic nitrogens is 4. The molecule has 0 fully saturated rings. The molecule has 0 aliphatic heterocycles. The maximum absolute atomic E-state index is 12.1. The summed E-state index contributed by atoms with van der Waals surface area (Å²) in [5.41, 5.74) is 5.73. The summed E-state index contributed by atoms with van der Waals surface area (Å²) in [7, 11) is 1.48. The van der Waals surface area contributed by atoms with Gasteiger partial charge in [-0.15, -0.1) is 0 Å². The summed E-state index contributed by atoms with van der Waals surface area (Å²) < 4.78 is 4.35. The highest BCUT2D eigenvalue weighted by atomic mass is 16.2. The standard InChI is InChI=1S/C11H17N5O2/c1-3-5-16-9-8(10(17)14(2)11(16)18)15(6-4-12)7-13-9/h7H,3-6,12H2,1-2H3. The van der Waals surface area contributed by atoms with Crippen molar-refractivity contribution >= 4 is 11.2 Å². The van der Waals surface area contributed by atoms with Crippen molar-refractivity contribution in [3.63, 3.8) is 0 Å². The number of fused-ring (bicyclic) bond motifs is 1. The highest BCUT2D eigenvalue weighted by Gasteiger charge is 2.15. The molecule has 0 aromatic carbocycles. The fraction of sp³-hybridized carbons (Fsp3) is 0.545. The first-order chi connectivity index (χ1) is 8.61. The maximum atomic E-state index is 12.1. The molecule has 0 aliphatic carbocycles. The Balaban J connectivity index is 2.86. The lowest BCUT2D eigenvalue weighted by Gasteiger charge is -2.08. The lowest BCUT2D eigenvalue weighted by Crippen LogP contribution is -2.38. The van der Waals surface area contributed by atoms with E-state index < -0.39 is 0 Å². The number of aryl methyl sites for hydroxylation is 1. The fourth-order valence-electron chi connectivity index (χ4n) is 2.04. The molecule has 18 heavy (non-hydrogen) atoms. The molecule has 0 aliphatic rings. The average Bonchev–Trinajstić information content (AvgIpc) is 2.76. The third-order valence-electron chi connectivity index (χ3n) is 2.92. The molecular formula is C11H17N5O2. The molecule has 0 radical (unpaired) electrons. The van der Waals surface area contributed by atoms with Gasteiger partial charge in [-0.25, -0.2) is 9.78 Å². The Morgan fingerprint density at radius 1 is 1.33 bits per heavy atom. The summed E-state index contributed by atoms with van der Waals surface area (Å²) >= 11 is 0. The van der Waals surface area contributed by atoms with Gasteiger partial charge in [-0.1, -0.05) is 6.92 Å². The van der Waals surface area contributed by atoms with Crippen molar-refractivity contribution in [2.45, 2.75) is 26.4 Å². The first-order valence-electron chi connectivity index (χ1n) is 5.96. The Kier molecular flexibility index (Phi) is 3.33. The molecule has 0 saturated carbocycles. The van der Waals surface area contributed by atoms with Gasteiger partial charge in [0, 0.05) is 26.7 Å². The largest absolute Gasteiger partial charge is 0.332 e. The normalized spacial score (nSPS) is 11.3. The van der Waals surface area contributed by atoms with E-state index in [0.717, 1.165) is 11.0 Å². The smallest absolute Gasteiger partial charge is 0.329 e. The summed E-state index contributed by atoms with van der Waals surface area (Å²) in [6.07, 6.45) is 2.36. The van der Waals surface area contributed by atoms with Gasteiger partial charge in [-0.05, 0) is 6.42 Å². The van der Waals surface area contributed by atoms with Crippen LogP contribution in [0.2, 0.25) is 0 Å². The average molecular weight is 251 g/mol. The van der Waals surface area contributed by atoms with Crippen LogP contribution in [0.5, 0.6) is 0 Å². The van der Waals surface area contributed by atoms with Gasteiger partial charge >= 0.3 is 5.69 Å². The Morgan fingerprint density at radius 3 is 2.67 bits per heavy atom. The van der Waals surface area contributed by atoms with Crippen LogP contribution in [-0.2, 0) is 20.1 Å². The molecule has 0 bridgehead atoms. The molecule has 0 atom stereocenters. The van der Waals surface area contributed by atoms with Crippen LogP contribution in [-0.4, -0.2) is 25.2 Å². The molecule has 0 amide bonds. The highest BCUT2D eigenvalue weighted by molar-refractivity contribution is 5.70. The van der Waals surface area contributed by atoms with Gasteiger partial charge in [0.25, 0.3) is 5.56 Å². The van der Waals surface area contributed by atoms with Crippen molar-refractivity contribution in [3.05, 3.63) is 27.2 Å². The van der Waals surface area contributed by atoms with Gasteiger partial charge in [0.1, 0.15) is 0 Å². The van der Waals surface area contributed by atoms with Gasteiger partial charge in [0.05, 0.1) is 6.33 Å². The summed E-state index contributed by atoms with van der Waals surface area (Å²) in [5, 5.41) is 0. The summed E-state index contributed by atoms with van der Waals surface area (Å²) in [4.78, 5) is 28.3. The molecule has 7 heteroatoms. The number of imidazole rings is 1. The van der Waals surface area contributed by atoms with Crippen LogP contribution < -0.4 is 17.0 Å². The van der Waals surface area contributed by atoms with Crippen molar-refractivity contribution in [1.82, 2.24) is 18.7 Å². The van der Waals surface area contributed by atoms with E-state index in [2.05, 4.69) is 4.98 Å². The monoisotopic (exact) mass is 251 g/mol. The van der Waals surface area contributed by atoms with E-state index in [4.69, 9.17) is 5.73 Å². The summed E-state index contributed by atoms with van der Waals surface area (Å²) in [6, 6.07) is 0. The zero-order chi connectivity index (χ0) is 13.3. The summed E-state index contributed by atoms with van der Waals surface area (Å²) in [6.45, 7) is 3.45. The third kappa shape index (κ3) is 1.76. The summed E-state index contributed by atoms with van der Waals surface area (Å²) in [5.74, 6) is 0. The predicted octanol–water partition coefficient (Wildman–Crippen LogP) is -0.735. The van der Waals surface area contributed by atoms with E-state index in [-0.39, 0.29) is 11.2 Å². The van der Waals surface area contributed by atoms with Crippen molar-refractivity contribution in [2.24, 2.45) is 12.8 Å². The number of hydrogen-bond acceptors (Lipinski definition) is 4. The van der Waals surface area contributed by atoms with Gasteiger partial charge in [0.2, 0.25) is 0 Å².